The van der Waals surface area contributed by atoms with Crippen molar-refractivity contribution in [2.24, 2.45) is 5.92 Å². The molecule has 2 aromatic heterocycles. The number of ether oxygens (including phenoxy) is 2. The molecule has 3 N–H and O–H groups in total. The third-order valence-corrected chi connectivity index (χ3v) is 6.50. The lowest BCUT2D eigenvalue weighted by Crippen LogP contribution is -2.63. The minimum atomic E-state index is -0.0251. The van der Waals surface area contributed by atoms with Crippen LogP contribution in [0.4, 0.5) is 0 Å². The van der Waals surface area contributed by atoms with Crippen LogP contribution < -0.4 is 10.1 Å². The molecule has 2 unspecified atom stereocenters. The van der Waals surface area contributed by atoms with Crippen LogP contribution in [0.5, 0.6) is 10.9 Å². The van der Waals surface area contributed by atoms with Gasteiger partial charge in [0.25, 0.3) is 5.19 Å². The molecule has 9 heteroatoms. The summed E-state index contributed by atoms with van der Waals surface area (Å²) in [6, 6.07) is 5.79. The molecule has 0 amide bonds. The highest BCUT2D eigenvalue weighted by Crippen LogP contribution is 2.39. The van der Waals surface area contributed by atoms with Crippen molar-refractivity contribution in [1.82, 2.24) is 25.7 Å². The summed E-state index contributed by atoms with van der Waals surface area (Å²) in [6.45, 7) is 0.942. The first-order chi connectivity index (χ1) is 13.7. The van der Waals surface area contributed by atoms with E-state index in [0.717, 1.165) is 30.5 Å². The largest absolute Gasteiger partial charge is 0.507 e. The van der Waals surface area contributed by atoms with Gasteiger partial charge in [0, 0.05) is 37.4 Å². The van der Waals surface area contributed by atoms with Crippen molar-refractivity contribution in [3.63, 3.8) is 0 Å². The Labute approximate surface area is 165 Å². The van der Waals surface area contributed by atoms with Crippen molar-refractivity contribution in [2.75, 3.05) is 13.7 Å². The van der Waals surface area contributed by atoms with E-state index >= 15 is 0 Å². The fourth-order valence-electron chi connectivity index (χ4n) is 4.20. The minimum absolute atomic E-state index is 0.0162. The van der Waals surface area contributed by atoms with E-state index < -0.39 is 0 Å². The maximum atomic E-state index is 10.5. The molecule has 2 saturated heterocycles. The first kappa shape index (κ1) is 17.6. The van der Waals surface area contributed by atoms with Crippen LogP contribution in [0.25, 0.3) is 21.7 Å². The number of benzene rings is 1. The van der Waals surface area contributed by atoms with Crippen LogP contribution in [0.15, 0.2) is 30.6 Å². The molecular weight excluding hydrogens is 378 g/mol. The van der Waals surface area contributed by atoms with E-state index in [9.17, 15) is 5.11 Å². The second-order valence-corrected chi connectivity index (χ2v) is 8.17. The van der Waals surface area contributed by atoms with Crippen molar-refractivity contribution >= 4 is 11.3 Å². The molecule has 1 aromatic carbocycles. The van der Waals surface area contributed by atoms with Crippen LogP contribution in [0.1, 0.15) is 12.8 Å². The van der Waals surface area contributed by atoms with Crippen LogP contribution in [0.2, 0.25) is 0 Å². The Morgan fingerprint density at radius 3 is 2.82 bits per heavy atom. The first-order valence-corrected chi connectivity index (χ1v) is 10.1. The second-order valence-electron chi connectivity index (χ2n) is 7.23. The summed E-state index contributed by atoms with van der Waals surface area (Å²) in [5.74, 6) is 0.557. The molecule has 28 heavy (non-hydrogen) atoms. The molecule has 6 rings (SSSR count). The summed E-state index contributed by atoms with van der Waals surface area (Å²) in [7, 11) is 1.73. The number of methoxy groups -OCH3 is 1. The molecule has 2 bridgehead atoms. The van der Waals surface area contributed by atoms with Gasteiger partial charge in [-0.1, -0.05) is 22.5 Å². The minimum Gasteiger partial charge on any atom is -0.507 e. The Morgan fingerprint density at radius 1 is 1.18 bits per heavy atom. The standard InChI is InChI=1S/C19H21N5O3S/c1-26-17-14-5-3-11(7-20-14)16(17)27-19-24-23-18(28-19)13-4-2-10(6-15(13)25)12-8-21-22-9-12/h2,4,6,8-9,11,14,16-17,20,25H,3,5,7H2,1H3,(H,21,22)/t11?,14-,16-,17?/m0/s1. The van der Waals surface area contributed by atoms with Gasteiger partial charge in [0.2, 0.25) is 0 Å². The zero-order chi connectivity index (χ0) is 19.1. The number of rotatable bonds is 5. The number of nitrogens with zero attached hydrogens (tertiary/aromatic N) is 3. The predicted molar refractivity (Wildman–Crippen MR) is 104 cm³/mol. The molecule has 1 saturated carbocycles. The highest BCUT2D eigenvalue weighted by molar-refractivity contribution is 7.16. The van der Waals surface area contributed by atoms with Gasteiger partial charge in [-0.2, -0.15) is 5.10 Å². The lowest BCUT2D eigenvalue weighted by atomic mass is 9.77. The van der Waals surface area contributed by atoms with Crippen LogP contribution in [-0.2, 0) is 4.74 Å². The maximum Gasteiger partial charge on any atom is 0.294 e. The number of fused-ring (bicyclic) bond motifs is 3. The quantitative estimate of drug-likeness (QED) is 0.605. The topological polar surface area (TPSA) is 105 Å². The normalized spacial score (nSPS) is 26.5. The number of phenolic OH excluding ortho intramolecular Hbond substituents is 1. The number of aromatic amines is 1. The molecule has 1 aliphatic carbocycles. The maximum absolute atomic E-state index is 10.5. The lowest BCUT2D eigenvalue weighted by Gasteiger charge is -2.47. The zero-order valence-electron chi connectivity index (χ0n) is 15.3. The average molecular weight is 399 g/mol. The molecule has 0 spiro atoms. The van der Waals surface area contributed by atoms with Gasteiger partial charge in [-0.15, -0.1) is 5.10 Å². The SMILES string of the molecule is COC1[C@@H](Oc2nnc(-c3ccc(-c4cn[nH]c4)cc3O)s2)C2CC[C@@H]1NC2. The highest BCUT2D eigenvalue weighted by atomic mass is 32.1. The van der Waals surface area contributed by atoms with E-state index in [1.807, 2.05) is 12.1 Å². The van der Waals surface area contributed by atoms with Crippen molar-refractivity contribution < 1.29 is 14.6 Å². The monoisotopic (exact) mass is 399 g/mol. The van der Waals surface area contributed by atoms with E-state index in [4.69, 9.17) is 9.47 Å². The third-order valence-electron chi connectivity index (χ3n) is 5.65. The van der Waals surface area contributed by atoms with Crippen molar-refractivity contribution in [2.45, 2.75) is 31.1 Å². The Morgan fingerprint density at radius 2 is 2.11 bits per heavy atom. The number of aromatic nitrogens is 4. The van der Waals surface area contributed by atoms with E-state index in [2.05, 4.69) is 25.7 Å². The molecule has 4 atom stereocenters. The number of piperidine rings is 2. The summed E-state index contributed by atoms with van der Waals surface area (Å²) in [5, 5.41) is 30.3. The van der Waals surface area contributed by atoms with Gasteiger partial charge in [-0.3, -0.25) is 5.10 Å². The fraction of sp³-hybridized carbons (Fsp3) is 0.421. The number of H-pyrrole nitrogens is 1. The molecule has 146 valence electrons. The summed E-state index contributed by atoms with van der Waals surface area (Å²) in [4.78, 5) is 0. The van der Waals surface area contributed by atoms with Crippen LogP contribution >= 0.6 is 11.3 Å². The summed E-state index contributed by atoms with van der Waals surface area (Å²) >= 11 is 1.34. The Bertz CT molecular complexity index is 952. The van der Waals surface area contributed by atoms with Crippen LogP contribution in [0, 0.1) is 5.92 Å². The number of hydrogen-bond acceptors (Lipinski definition) is 8. The van der Waals surface area contributed by atoms with Crippen molar-refractivity contribution in [3.05, 3.63) is 30.6 Å². The van der Waals surface area contributed by atoms with Crippen LogP contribution in [0.3, 0.4) is 0 Å². The second kappa shape index (κ2) is 7.16. The van der Waals surface area contributed by atoms with Crippen LogP contribution in [-0.4, -0.2) is 57.4 Å². The number of nitrogens with one attached hydrogen (secondary N) is 2. The Hall–Kier alpha value is -2.49. The number of phenols is 1. The number of aromatic hydroxyl groups is 1. The third kappa shape index (κ3) is 3.05. The van der Waals surface area contributed by atoms with E-state index in [0.29, 0.717) is 27.7 Å². The highest BCUT2D eigenvalue weighted by Gasteiger charge is 2.45. The summed E-state index contributed by atoms with van der Waals surface area (Å²) in [5.41, 5.74) is 2.43. The van der Waals surface area contributed by atoms with E-state index in [1.165, 1.54) is 11.3 Å². The molecular formula is C19H21N5O3S. The van der Waals surface area contributed by atoms with E-state index in [-0.39, 0.29) is 18.0 Å². The van der Waals surface area contributed by atoms with Gasteiger partial charge in [0.05, 0.1) is 11.8 Å². The van der Waals surface area contributed by atoms with Gasteiger partial charge in [-0.25, -0.2) is 0 Å². The molecule has 3 fully saturated rings. The average Bonchev–Trinajstić information content (AvgIpc) is 3.41. The zero-order valence-corrected chi connectivity index (χ0v) is 16.1. The van der Waals surface area contributed by atoms with E-state index in [1.54, 1.807) is 25.6 Å². The fourth-order valence-corrected chi connectivity index (χ4v) is 4.97. The van der Waals surface area contributed by atoms with Gasteiger partial charge in [0.1, 0.15) is 18.0 Å². The summed E-state index contributed by atoms with van der Waals surface area (Å²) < 4.78 is 11.9. The first-order valence-electron chi connectivity index (χ1n) is 9.32. The van der Waals surface area contributed by atoms with Gasteiger partial charge in [0.15, 0.2) is 5.01 Å². The molecule has 8 nitrogen and oxygen atoms in total. The van der Waals surface area contributed by atoms with Crippen molar-refractivity contribution in [3.8, 4) is 32.6 Å². The molecule has 0 radical (unpaired) electrons. The van der Waals surface area contributed by atoms with Gasteiger partial charge < -0.3 is 19.9 Å². The summed E-state index contributed by atoms with van der Waals surface area (Å²) in [6.07, 6.45) is 5.73. The Kier molecular flexibility index (Phi) is 4.50. The number of hydrogen-bond donors (Lipinski definition) is 3. The van der Waals surface area contributed by atoms with Gasteiger partial charge >= 0.3 is 0 Å². The van der Waals surface area contributed by atoms with Gasteiger partial charge in [-0.05, 0) is 30.5 Å². The molecule has 2 aliphatic heterocycles. The molecule has 4 heterocycles. The Balaban J connectivity index is 1.36. The molecule has 3 aromatic rings. The van der Waals surface area contributed by atoms with Crippen molar-refractivity contribution in [1.29, 1.82) is 0 Å². The lowest BCUT2D eigenvalue weighted by molar-refractivity contribution is -0.0937. The predicted octanol–water partition coefficient (Wildman–Crippen LogP) is 2.45. The smallest absolute Gasteiger partial charge is 0.294 e. The molecule has 3 aliphatic rings.